The number of carbonyl (C=O) groups excluding carboxylic acids is 6. The first-order valence-electron chi connectivity index (χ1n) is 11.2. The van der Waals surface area contributed by atoms with Crippen LogP contribution in [-0.4, -0.2) is 58.4 Å². The highest BCUT2D eigenvalue weighted by Crippen LogP contribution is 2.34. The number of hydrogen-bond acceptors (Lipinski definition) is 7. The van der Waals surface area contributed by atoms with Gasteiger partial charge in [0.05, 0.1) is 6.42 Å². The van der Waals surface area contributed by atoms with Crippen molar-refractivity contribution in [2.75, 3.05) is 5.32 Å². The Morgan fingerprint density at radius 1 is 0.865 bits per heavy atom. The van der Waals surface area contributed by atoms with Crippen molar-refractivity contribution in [2.24, 2.45) is 5.73 Å². The molecule has 0 bridgehead atoms. The van der Waals surface area contributed by atoms with E-state index in [0.29, 0.717) is 11.1 Å². The Hall–Kier alpha value is -4.87. The van der Waals surface area contributed by atoms with E-state index in [1.807, 2.05) is 0 Å². The van der Waals surface area contributed by atoms with Crippen LogP contribution in [0.3, 0.4) is 0 Å². The van der Waals surface area contributed by atoms with Gasteiger partial charge in [0.15, 0.2) is 0 Å². The third kappa shape index (κ3) is 6.42. The number of primary amides is 1. The first-order chi connectivity index (χ1) is 17.5. The minimum absolute atomic E-state index is 0.0946. The summed E-state index contributed by atoms with van der Waals surface area (Å²) < 4.78 is 0. The summed E-state index contributed by atoms with van der Waals surface area (Å²) in [6.45, 7) is 1.14. The predicted molar refractivity (Wildman–Crippen MR) is 129 cm³/mol. The van der Waals surface area contributed by atoms with Crippen molar-refractivity contribution in [3.05, 3.63) is 53.6 Å². The predicted octanol–water partition coefficient (Wildman–Crippen LogP) is 0.401. The van der Waals surface area contributed by atoms with Gasteiger partial charge < -0.3 is 26.8 Å². The number of ketones is 2. The monoisotopic (exact) mass is 508 g/mol. The van der Waals surface area contributed by atoms with Crippen LogP contribution < -0.4 is 21.7 Å². The molecular weight excluding hydrogens is 484 g/mol. The van der Waals surface area contributed by atoms with Gasteiger partial charge in [-0.05, 0) is 29.7 Å². The number of hydrogen-bond donors (Lipinski definition) is 5. The number of Topliss-reactive ketones (excluding diaryl/α,β-unsaturated/α-hetero) is 2. The van der Waals surface area contributed by atoms with Gasteiger partial charge in [-0.2, -0.15) is 0 Å². The van der Waals surface area contributed by atoms with E-state index in [-0.39, 0.29) is 29.7 Å². The minimum atomic E-state index is -1.66. The zero-order valence-corrected chi connectivity index (χ0v) is 19.7. The van der Waals surface area contributed by atoms with Gasteiger partial charge in [-0.1, -0.05) is 30.3 Å². The van der Waals surface area contributed by atoms with E-state index in [2.05, 4.69) is 16.0 Å². The number of carbonyl (C=O) groups is 7. The first-order valence-corrected chi connectivity index (χ1v) is 11.2. The molecule has 0 saturated heterocycles. The van der Waals surface area contributed by atoms with E-state index in [0.717, 1.165) is 6.92 Å². The molecule has 12 heteroatoms. The van der Waals surface area contributed by atoms with Crippen molar-refractivity contribution in [2.45, 2.75) is 38.3 Å². The Morgan fingerprint density at radius 2 is 1.49 bits per heavy atom. The quantitative estimate of drug-likeness (QED) is 0.284. The van der Waals surface area contributed by atoms with Crippen molar-refractivity contribution >= 4 is 46.9 Å². The molecule has 2 aromatic rings. The van der Waals surface area contributed by atoms with E-state index in [1.165, 1.54) is 12.1 Å². The lowest BCUT2D eigenvalue weighted by Crippen LogP contribution is -2.52. The van der Waals surface area contributed by atoms with Crippen molar-refractivity contribution in [1.29, 1.82) is 0 Å². The van der Waals surface area contributed by atoms with Crippen LogP contribution in [0.2, 0.25) is 0 Å². The van der Waals surface area contributed by atoms with Crippen molar-refractivity contribution in [3.8, 4) is 11.1 Å². The highest BCUT2D eigenvalue weighted by Gasteiger charge is 2.31. The topological polar surface area (TPSA) is 202 Å². The number of carboxylic acids is 1. The fourth-order valence-corrected chi connectivity index (χ4v) is 3.88. The van der Waals surface area contributed by atoms with Gasteiger partial charge in [0.25, 0.3) is 0 Å². The van der Waals surface area contributed by atoms with E-state index in [4.69, 9.17) is 5.73 Å². The average molecular weight is 508 g/mol. The van der Waals surface area contributed by atoms with Gasteiger partial charge in [0.1, 0.15) is 12.1 Å². The molecule has 1 aliphatic rings. The Morgan fingerprint density at radius 3 is 2.11 bits per heavy atom. The van der Waals surface area contributed by atoms with Gasteiger partial charge in [0, 0.05) is 30.2 Å². The number of benzene rings is 2. The summed E-state index contributed by atoms with van der Waals surface area (Å²) >= 11 is 0. The zero-order chi connectivity index (χ0) is 27.3. The van der Waals surface area contributed by atoms with Crippen LogP contribution in [0.4, 0.5) is 5.69 Å². The maximum absolute atomic E-state index is 12.6. The molecule has 0 heterocycles. The molecule has 192 valence electrons. The lowest BCUT2D eigenvalue weighted by molar-refractivity contribution is -0.143. The Labute approximate surface area is 210 Å². The smallest absolute Gasteiger partial charge is 0.326 e. The normalized spacial score (nSPS) is 13.4. The standard InChI is InChI=1S/C25H24N4O8/c1-12(30)27-18(8-9-20(26)31)24(35)29-19(25(36)37)11-21(32)28-13-6-7-15-14-4-2-3-5-16(14)22(33)23(34)17(15)10-13/h2-7,10,18-19H,8-9,11H2,1H3,(H2,26,31)(H,27,30)(H,28,32)(H,29,35)(H,36,37)/t18-,19-/m0/s1. The maximum atomic E-state index is 12.6. The summed E-state index contributed by atoms with van der Waals surface area (Å²) in [5.74, 6) is -5.93. The molecule has 12 nitrogen and oxygen atoms in total. The maximum Gasteiger partial charge on any atom is 0.326 e. The zero-order valence-electron chi connectivity index (χ0n) is 19.7. The fourth-order valence-electron chi connectivity index (χ4n) is 3.88. The van der Waals surface area contributed by atoms with Crippen LogP contribution >= 0.6 is 0 Å². The summed E-state index contributed by atoms with van der Waals surface area (Å²) in [6.07, 6.45) is -1.08. The first kappa shape index (κ1) is 26.7. The molecule has 0 aromatic heterocycles. The average Bonchev–Trinajstić information content (AvgIpc) is 2.84. The van der Waals surface area contributed by atoms with E-state index >= 15 is 0 Å². The molecule has 0 unspecified atom stereocenters. The summed E-state index contributed by atoms with van der Waals surface area (Å²) in [4.78, 5) is 84.3. The third-order valence-corrected chi connectivity index (χ3v) is 5.59. The van der Waals surface area contributed by atoms with Crippen LogP contribution in [0, 0.1) is 0 Å². The number of carboxylic acid groups (broad SMARTS) is 1. The van der Waals surface area contributed by atoms with Gasteiger partial charge in [-0.3, -0.25) is 28.8 Å². The Balaban J connectivity index is 1.72. The van der Waals surface area contributed by atoms with E-state index in [9.17, 15) is 38.7 Å². The largest absolute Gasteiger partial charge is 0.480 e. The summed E-state index contributed by atoms with van der Waals surface area (Å²) in [5.41, 5.74) is 6.70. The van der Waals surface area contributed by atoms with Crippen LogP contribution in [0.5, 0.6) is 0 Å². The molecule has 0 spiro atoms. The fraction of sp³-hybridized carbons (Fsp3) is 0.240. The number of rotatable bonds is 10. The SMILES string of the molecule is CC(=O)N[C@@H](CCC(N)=O)C(=O)N[C@@H](CC(=O)Nc1ccc2c(c1)C(=O)C(=O)c1ccccc1-2)C(=O)O. The summed E-state index contributed by atoms with van der Waals surface area (Å²) in [6, 6.07) is 8.14. The van der Waals surface area contributed by atoms with Crippen molar-refractivity contribution in [3.63, 3.8) is 0 Å². The van der Waals surface area contributed by atoms with Gasteiger partial charge in [-0.15, -0.1) is 0 Å². The van der Waals surface area contributed by atoms with Crippen molar-refractivity contribution in [1.82, 2.24) is 10.6 Å². The molecular formula is C25H24N4O8. The highest BCUT2D eigenvalue weighted by molar-refractivity contribution is 6.53. The molecule has 3 rings (SSSR count). The van der Waals surface area contributed by atoms with Crippen LogP contribution in [-0.2, 0) is 24.0 Å². The Bertz CT molecular complexity index is 1320. The van der Waals surface area contributed by atoms with Gasteiger partial charge >= 0.3 is 5.97 Å². The molecule has 2 atom stereocenters. The van der Waals surface area contributed by atoms with Gasteiger partial charge in [0.2, 0.25) is 35.2 Å². The number of aliphatic carboxylic acids is 1. The Kier molecular flexibility index (Phi) is 8.12. The molecule has 0 aliphatic heterocycles. The lowest BCUT2D eigenvalue weighted by atomic mass is 9.84. The second kappa shape index (κ2) is 11.2. The molecule has 6 N–H and O–H groups in total. The van der Waals surface area contributed by atoms with Crippen LogP contribution in [0.15, 0.2) is 42.5 Å². The number of nitrogens with one attached hydrogen (secondary N) is 3. The lowest BCUT2D eigenvalue weighted by Gasteiger charge is -2.21. The van der Waals surface area contributed by atoms with Crippen LogP contribution in [0.1, 0.15) is 46.9 Å². The number of fused-ring (bicyclic) bond motifs is 3. The highest BCUT2D eigenvalue weighted by atomic mass is 16.4. The molecule has 1 aliphatic carbocycles. The second-order valence-corrected chi connectivity index (χ2v) is 8.37. The number of amides is 4. The van der Waals surface area contributed by atoms with E-state index in [1.54, 1.807) is 30.3 Å². The summed E-state index contributed by atoms with van der Waals surface area (Å²) in [7, 11) is 0. The molecule has 0 saturated carbocycles. The second-order valence-electron chi connectivity index (χ2n) is 8.37. The molecule has 37 heavy (non-hydrogen) atoms. The number of anilines is 1. The summed E-state index contributed by atoms with van der Waals surface area (Å²) in [5, 5.41) is 16.4. The molecule has 4 amide bonds. The minimum Gasteiger partial charge on any atom is -0.480 e. The number of nitrogens with two attached hydrogens (primary N) is 1. The van der Waals surface area contributed by atoms with Crippen LogP contribution in [0.25, 0.3) is 11.1 Å². The van der Waals surface area contributed by atoms with Gasteiger partial charge in [-0.25, -0.2) is 4.79 Å². The molecule has 0 fully saturated rings. The molecule has 0 radical (unpaired) electrons. The third-order valence-electron chi connectivity index (χ3n) is 5.59. The van der Waals surface area contributed by atoms with E-state index < -0.39 is 59.7 Å². The molecule has 2 aromatic carbocycles. The van der Waals surface area contributed by atoms with Crippen molar-refractivity contribution < 1.29 is 38.7 Å².